The summed E-state index contributed by atoms with van der Waals surface area (Å²) >= 11 is 0. The quantitative estimate of drug-likeness (QED) is 0.790. The molecule has 0 aliphatic carbocycles. The van der Waals surface area contributed by atoms with E-state index in [-0.39, 0.29) is 17.9 Å². The fourth-order valence-corrected chi connectivity index (χ4v) is 2.03. The van der Waals surface area contributed by atoms with Gasteiger partial charge >= 0.3 is 6.18 Å². The Morgan fingerprint density at radius 1 is 1.25 bits per heavy atom. The molecule has 0 spiro atoms. The van der Waals surface area contributed by atoms with Crippen molar-refractivity contribution in [1.82, 2.24) is 14.8 Å². The van der Waals surface area contributed by atoms with Crippen LogP contribution in [0.4, 0.5) is 13.2 Å². The van der Waals surface area contributed by atoms with Crippen molar-refractivity contribution in [2.24, 2.45) is 0 Å². The number of nitrogens with zero attached hydrogens (tertiary/aromatic N) is 3. The molecule has 0 atom stereocenters. The number of halogens is 3. The molecule has 0 amide bonds. The van der Waals surface area contributed by atoms with Crippen LogP contribution in [0.2, 0.25) is 0 Å². The minimum atomic E-state index is -4.47. The first-order chi connectivity index (χ1) is 9.36. The van der Waals surface area contributed by atoms with E-state index in [2.05, 4.69) is 9.88 Å². The predicted octanol–water partition coefficient (Wildman–Crippen LogP) is 1.53. The Bertz CT molecular complexity index is 465. The minimum absolute atomic E-state index is 0.198. The zero-order valence-electron chi connectivity index (χ0n) is 11.2. The molecular weight excluding hydrogens is 271 g/mol. The lowest BCUT2D eigenvalue weighted by atomic mass is 10.1. The Balaban J connectivity index is 1.96. The summed E-state index contributed by atoms with van der Waals surface area (Å²) in [6.45, 7) is 3.57. The number of piperazine rings is 1. The lowest BCUT2D eigenvalue weighted by molar-refractivity contribution is -0.141. The first-order valence-corrected chi connectivity index (χ1v) is 6.33. The van der Waals surface area contributed by atoms with Crippen molar-refractivity contribution in [3.63, 3.8) is 0 Å². The van der Waals surface area contributed by atoms with E-state index >= 15 is 0 Å². The third kappa shape index (κ3) is 3.77. The normalized spacial score (nSPS) is 18.2. The molecule has 1 aromatic heterocycles. The topological polar surface area (TPSA) is 36.4 Å². The number of carbonyl (C=O) groups excluding carboxylic acids is 1. The lowest BCUT2D eigenvalue weighted by Crippen LogP contribution is -2.46. The fourth-order valence-electron chi connectivity index (χ4n) is 2.03. The molecular formula is C13H16F3N3O. The molecule has 1 fully saturated rings. The average Bonchev–Trinajstić information content (AvgIpc) is 2.40. The molecule has 1 aromatic rings. The maximum absolute atomic E-state index is 12.4. The van der Waals surface area contributed by atoms with Crippen molar-refractivity contribution < 1.29 is 18.0 Å². The third-order valence-electron chi connectivity index (χ3n) is 3.34. The number of carbonyl (C=O) groups is 1. The van der Waals surface area contributed by atoms with Crippen LogP contribution in [0.1, 0.15) is 16.1 Å². The molecule has 0 saturated carbocycles. The number of aromatic nitrogens is 1. The largest absolute Gasteiger partial charge is 0.433 e. The van der Waals surface area contributed by atoms with Gasteiger partial charge in [-0.3, -0.25) is 14.7 Å². The number of pyridine rings is 1. The van der Waals surface area contributed by atoms with Gasteiger partial charge in [0.15, 0.2) is 5.78 Å². The van der Waals surface area contributed by atoms with Gasteiger partial charge in [0.25, 0.3) is 0 Å². The lowest BCUT2D eigenvalue weighted by Gasteiger charge is -2.31. The Labute approximate surface area is 115 Å². The van der Waals surface area contributed by atoms with E-state index in [9.17, 15) is 18.0 Å². The van der Waals surface area contributed by atoms with E-state index in [0.717, 1.165) is 38.4 Å². The molecule has 0 aromatic carbocycles. The molecule has 4 nitrogen and oxygen atoms in total. The van der Waals surface area contributed by atoms with E-state index < -0.39 is 11.9 Å². The first kappa shape index (κ1) is 14.9. The first-order valence-electron chi connectivity index (χ1n) is 6.33. The van der Waals surface area contributed by atoms with Gasteiger partial charge in [0, 0.05) is 37.9 Å². The van der Waals surface area contributed by atoms with Crippen LogP contribution in [0.25, 0.3) is 0 Å². The monoisotopic (exact) mass is 287 g/mol. The smallest absolute Gasteiger partial charge is 0.304 e. The highest BCUT2D eigenvalue weighted by Crippen LogP contribution is 2.27. The van der Waals surface area contributed by atoms with Crippen molar-refractivity contribution in [1.29, 1.82) is 0 Å². The van der Waals surface area contributed by atoms with Gasteiger partial charge in [-0.05, 0) is 19.2 Å². The van der Waals surface area contributed by atoms with Gasteiger partial charge in [-0.25, -0.2) is 0 Å². The number of Topliss-reactive ketones (excluding diaryl/α,β-unsaturated/α-hetero) is 1. The zero-order valence-corrected chi connectivity index (χ0v) is 11.2. The summed E-state index contributed by atoms with van der Waals surface area (Å²) < 4.78 is 37.1. The fraction of sp³-hybridized carbons (Fsp3) is 0.538. The van der Waals surface area contributed by atoms with Gasteiger partial charge in [0.1, 0.15) is 5.69 Å². The molecule has 0 bridgehead atoms. The molecule has 0 unspecified atom stereocenters. The van der Waals surface area contributed by atoms with Crippen molar-refractivity contribution in [2.75, 3.05) is 39.8 Å². The standard InChI is InChI=1S/C13H16F3N3O/c1-18-4-6-19(7-5-18)9-11(20)10-2-3-12(17-8-10)13(14,15)16/h2-3,8H,4-7,9H2,1H3. The molecule has 1 aliphatic heterocycles. The zero-order chi connectivity index (χ0) is 14.8. The average molecular weight is 287 g/mol. The van der Waals surface area contributed by atoms with E-state index in [1.54, 1.807) is 0 Å². The molecule has 7 heteroatoms. The highest BCUT2D eigenvalue weighted by Gasteiger charge is 2.32. The molecule has 110 valence electrons. The van der Waals surface area contributed by atoms with E-state index in [0.29, 0.717) is 0 Å². The second kappa shape index (κ2) is 5.88. The molecule has 1 saturated heterocycles. The number of rotatable bonds is 3. The molecule has 2 rings (SSSR count). The number of hydrogen-bond donors (Lipinski definition) is 0. The van der Waals surface area contributed by atoms with Crippen LogP contribution in [-0.2, 0) is 6.18 Å². The maximum atomic E-state index is 12.4. The summed E-state index contributed by atoms with van der Waals surface area (Å²) in [5.41, 5.74) is -0.759. The summed E-state index contributed by atoms with van der Waals surface area (Å²) in [5.74, 6) is -0.198. The maximum Gasteiger partial charge on any atom is 0.433 e. The van der Waals surface area contributed by atoms with E-state index in [1.165, 1.54) is 6.07 Å². The number of likely N-dealkylation sites (N-methyl/N-ethyl adjacent to an activating group) is 1. The number of hydrogen-bond acceptors (Lipinski definition) is 4. The predicted molar refractivity (Wildman–Crippen MR) is 67.5 cm³/mol. The Morgan fingerprint density at radius 2 is 1.90 bits per heavy atom. The minimum Gasteiger partial charge on any atom is -0.304 e. The summed E-state index contributed by atoms with van der Waals surface area (Å²) in [7, 11) is 2.01. The second-order valence-electron chi connectivity index (χ2n) is 4.93. The summed E-state index contributed by atoms with van der Waals surface area (Å²) in [6.07, 6.45) is -3.47. The van der Waals surface area contributed by atoms with Gasteiger partial charge in [-0.1, -0.05) is 0 Å². The summed E-state index contributed by atoms with van der Waals surface area (Å²) in [5, 5.41) is 0. The van der Waals surface area contributed by atoms with Crippen LogP contribution >= 0.6 is 0 Å². The molecule has 2 heterocycles. The van der Waals surface area contributed by atoms with Crippen LogP contribution in [-0.4, -0.2) is 60.3 Å². The van der Waals surface area contributed by atoms with Crippen molar-refractivity contribution >= 4 is 5.78 Å². The van der Waals surface area contributed by atoms with E-state index in [1.807, 2.05) is 11.9 Å². The van der Waals surface area contributed by atoms with Crippen LogP contribution < -0.4 is 0 Å². The molecule has 0 radical (unpaired) electrons. The second-order valence-corrected chi connectivity index (χ2v) is 4.93. The number of alkyl halides is 3. The number of ketones is 1. The third-order valence-corrected chi connectivity index (χ3v) is 3.34. The van der Waals surface area contributed by atoms with Gasteiger partial charge in [0.05, 0.1) is 6.54 Å². The van der Waals surface area contributed by atoms with Crippen molar-refractivity contribution in [3.8, 4) is 0 Å². The Morgan fingerprint density at radius 3 is 2.40 bits per heavy atom. The van der Waals surface area contributed by atoms with Crippen LogP contribution in [0.3, 0.4) is 0 Å². The van der Waals surface area contributed by atoms with E-state index in [4.69, 9.17) is 0 Å². The highest BCUT2D eigenvalue weighted by atomic mass is 19.4. The Kier molecular flexibility index (Phi) is 4.39. The van der Waals surface area contributed by atoms with Gasteiger partial charge < -0.3 is 4.90 Å². The van der Waals surface area contributed by atoms with Crippen molar-refractivity contribution in [2.45, 2.75) is 6.18 Å². The van der Waals surface area contributed by atoms with Gasteiger partial charge in [0.2, 0.25) is 0 Å². The van der Waals surface area contributed by atoms with Crippen molar-refractivity contribution in [3.05, 3.63) is 29.6 Å². The molecule has 1 aliphatic rings. The van der Waals surface area contributed by atoms with Gasteiger partial charge in [-0.15, -0.1) is 0 Å². The van der Waals surface area contributed by atoms with Crippen LogP contribution in [0.5, 0.6) is 0 Å². The van der Waals surface area contributed by atoms with Crippen LogP contribution in [0.15, 0.2) is 18.3 Å². The van der Waals surface area contributed by atoms with Gasteiger partial charge in [-0.2, -0.15) is 13.2 Å². The van der Waals surface area contributed by atoms with Crippen LogP contribution in [0, 0.1) is 0 Å². The summed E-state index contributed by atoms with van der Waals surface area (Å²) in [6, 6.07) is 2.03. The molecule has 20 heavy (non-hydrogen) atoms. The Hall–Kier alpha value is -1.47. The summed E-state index contributed by atoms with van der Waals surface area (Å²) in [4.78, 5) is 19.4. The molecule has 0 N–H and O–H groups in total. The highest BCUT2D eigenvalue weighted by molar-refractivity contribution is 5.97. The SMILES string of the molecule is CN1CCN(CC(=O)c2ccc(C(F)(F)F)nc2)CC1.